The van der Waals surface area contributed by atoms with Crippen LogP contribution in [-0.2, 0) is 16.0 Å². The summed E-state index contributed by atoms with van der Waals surface area (Å²) in [5.41, 5.74) is 0.680. The van der Waals surface area contributed by atoms with Gasteiger partial charge in [0.05, 0.1) is 18.1 Å². The highest BCUT2D eigenvalue weighted by molar-refractivity contribution is 6.04. The van der Waals surface area contributed by atoms with Gasteiger partial charge in [0.15, 0.2) is 0 Å². The molecule has 0 aromatic heterocycles. The molecule has 4 aliphatic carbocycles. The third-order valence-corrected chi connectivity index (χ3v) is 5.64. The minimum absolute atomic E-state index is 0.0131. The second kappa shape index (κ2) is 4.41. The fourth-order valence-corrected chi connectivity index (χ4v) is 4.65. The number of hydrogen-bond donors (Lipinski definition) is 2. The van der Waals surface area contributed by atoms with Gasteiger partial charge >= 0.3 is 0 Å². The topological polar surface area (TPSA) is 66.4 Å². The summed E-state index contributed by atoms with van der Waals surface area (Å²) < 4.78 is 0. The van der Waals surface area contributed by atoms with Crippen LogP contribution in [0.4, 0.5) is 0 Å². The Morgan fingerprint density at radius 2 is 2.14 bits per heavy atom. The molecule has 1 aromatic rings. The van der Waals surface area contributed by atoms with Crippen molar-refractivity contribution >= 4 is 11.7 Å². The lowest BCUT2D eigenvalue weighted by Gasteiger charge is -2.20. The Morgan fingerprint density at radius 3 is 2.67 bits per heavy atom. The number of nitrogens with one attached hydrogen (secondary N) is 1. The Hall–Kier alpha value is -1.68. The molecule has 0 spiro atoms. The number of carbonyl (C=O) groups is 2. The van der Waals surface area contributed by atoms with Crippen LogP contribution in [0.25, 0.3) is 0 Å². The number of Topliss-reactive ketones (excluding diaryl/α,β-unsaturated/α-hetero) is 1. The molecule has 0 unspecified atom stereocenters. The number of hydrogen-bond acceptors (Lipinski definition) is 3. The Balaban J connectivity index is 1.44. The summed E-state index contributed by atoms with van der Waals surface area (Å²) >= 11 is 0. The molecule has 0 heterocycles. The number of ketones is 1. The number of carbonyl (C=O) groups excluding carboxylic acids is 2. The van der Waals surface area contributed by atoms with Gasteiger partial charge in [-0.15, -0.1) is 0 Å². The second-order valence-corrected chi connectivity index (χ2v) is 6.71. The van der Waals surface area contributed by atoms with Gasteiger partial charge < -0.3 is 10.4 Å². The number of benzene rings is 1. The molecule has 4 heteroatoms. The van der Waals surface area contributed by atoms with Crippen LogP contribution in [-0.4, -0.2) is 29.4 Å². The van der Waals surface area contributed by atoms with Gasteiger partial charge in [-0.25, -0.2) is 0 Å². The summed E-state index contributed by atoms with van der Waals surface area (Å²) in [6, 6.07) is 9.55. The molecule has 110 valence electrons. The van der Waals surface area contributed by atoms with Gasteiger partial charge in [0.1, 0.15) is 5.78 Å². The van der Waals surface area contributed by atoms with E-state index in [-0.39, 0.29) is 36.3 Å². The first-order chi connectivity index (χ1) is 10.2. The third-order valence-electron chi connectivity index (χ3n) is 5.64. The highest BCUT2D eigenvalue weighted by atomic mass is 16.3. The van der Waals surface area contributed by atoms with Gasteiger partial charge in [-0.3, -0.25) is 9.59 Å². The SMILES string of the molecule is O=C1[C@H]2C[C@H]3[C@H]1[C@@]3(C(=O)N[C@@H](CO)Cc1ccccc1)C2. The molecule has 4 bridgehead atoms. The fourth-order valence-electron chi connectivity index (χ4n) is 4.65. The Labute approximate surface area is 123 Å². The Morgan fingerprint density at radius 1 is 1.38 bits per heavy atom. The molecule has 0 saturated heterocycles. The first-order valence-electron chi connectivity index (χ1n) is 7.66. The van der Waals surface area contributed by atoms with Gasteiger partial charge in [0.2, 0.25) is 5.91 Å². The zero-order valence-corrected chi connectivity index (χ0v) is 11.8. The zero-order chi connectivity index (χ0) is 14.6. The Bertz CT molecular complexity index is 599. The maximum absolute atomic E-state index is 12.6. The molecule has 21 heavy (non-hydrogen) atoms. The van der Waals surface area contributed by atoms with Crippen LogP contribution >= 0.6 is 0 Å². The van der Waals surface area contributed by atoms with Crippen LogP contribution < -0.4 is 5.32 Å². The Kier molecular flexibility index (Phi) is 2.73. The van der Waals surface area contributed by atoms with Gasteiger partial charge in [-0.05, 0) is 30.7 Å². The highest BCUT2D eigenvalue weighted by Gasteiger charge is 2.82. The van der Waals surface area contributed by atoms with Crippen molar-refractivity contribution in [2.45, 2.75) is 25.3 Å². The molecular weight excluding hydrogens is 266 g/mol. The summed E-state index contributed by atoms with van der Waals surface area (Å²) in [5.74, 6) is 0.691. The first-order valence-corrected chi connectivity index (χ1v) is 7.66. The van der Waals surface area contributed by atoms with E-state index < -0.39 is 5.41 Å². The lowest BCUT2D eigenvalue weighted by Crippen LogP contribution is -2.43. The monoisotopic (exact) mass is 285 g/mol. The van der Waals surface area contributed by atoms with E-state index in [0.717, 1.165) is 18.4 Å². The van der Waals surface area contributed by atoms with Crippen molar-refractivity contribution in [3.05, 3.63) is 35.9 Å². The number of aliphatic hydroxyl groups is 1. The highest BCUT2D eigenvalue weighted by Crippen LogP contribution is 2.77. The van der Waals surface area contributed by atoms with E-state index in [2.05, 4.69) is 5.32 Å². The molecule has 5 atom stereocenters. The van der Waals surface area contributed by atoms with E-state index in [1.807, 2.05) is 30.3 Å². The van der Waals surface area contributed by atoms with Crippen LogP contribution in [0.15, 0.2) is 30.3 Å². The van der Waals surface area contributed by atoms with Crippen molar-refractivity contribution in [3.8, 4) is 0 Å². The van der Waals surface area contributed by atoms with Crippen molar-refractivity contribution < 1.29 is 14.7 Å². The number of rotatable bonds is 5. The molecule has 1 amide bonds. The molecule has 4 nitrogen and oxygen atoms in total. The van der Waals surface area contributed by atoms with E-state index in [9.17, 15) is 14.7 Å². The van der Waals surface area contributed by atoms with Gasteiger partial charge in [0.25, 0.3) is 0 Å². The summed E-state index contributed by atoms with van der Waals surface area (Å²) in [5, 5.41) is 12.5. The second-order valence-electron chi connectivity index (χ2n) is 6.71. The standard InChI is InChI=1S/C17H19NO3/c19-9-12(6-10-4-2-1-3-5-10)18-16(21)17-8-11-7-13(17)14(17)15(11)20/h1-5,11-14,19H,6-9H2,(H,18,21)/t11-,12+,13-,14+,17+/m0/s1. The van der Waals surface area contributed by atoms with E-state index in [1.165, 1.54) is 0 Å². The van der Waals surface area contributed by atoms with Crippen LogP contribution in [0.5, 0.6) is 0 Å². The summed E-state index contributed by atoms with van der Waals surface area (Å²) in [6.07, 6.45) is 2.25. The predicted molar refractivity (Wildman–Crippen MR) is 76.3 cm³/mol. The quantitative estimate of drug-likeness (QED) is 0.846. The van der Waals surface area contributed by atoms with Gasteiger partial charge in [0, 0.05) is 11.8 Å². The maximum atomic E-state index is 12.6. The van der Waals surface area contributed by atoms with Crippen molar-refractivity contribution in [3.63, 3.8) is 0 Å². The van der Waals surface area contributed by atoms with Gasteiger partial charge in [-0.2, -0.15) is 0 Å². The lowest BCUT2D eigenvalue weighted by atomic mass is 10.0. The molecule has 4 aliphatic rings. The summed E-state index contributed by atoms with van der Waals surface area (Å²) in [6.45, 7) is -0.0799. The minimum atomic E-state index is -0.411. The zero-order valence-electron chi connectivity index (χ0n) is 11.8. The molecule has 0 aliphatic heterocycles. The van der Waals surface area contributed by atoms with Crippen LogP contribution in [0, 0.1) is 23.2 Å². The summed E-state index contributed by atoms with van der Waals surface area (Å²) in [4.78, 5) is 24.5. The normalized spacial score (nSPS) is 36.6. The maximum Gasteiger partial charge on any atom is 0.227 e. The third kappa shape index (κ3) is 1.72. The molecule has 1 aromatic carbocycles. The molecule has 5 rings (SSSR count). The van der Waals surface area contributed by atoms with E-state index in [1.54, 1.807) is 0 Å². The first kappa shape index (κ1) is 13.0. The number of amides is 1. The van der Waals surface area contributed by atoms with Crippen LogP contribution in [0.2, 0.25) is 0 Å². The van der Waals surface area contributed by atoms with Gasteiger partial charge in [-0.1, -0.05) is 30.3 Å². The lowest BCUT2D eigenvalue weighted by molar-refractivity contribution is -0.128. The average molecular weight is 285 g/mol. The van der Waals surface area contributed by atoms with E-state index in [0.29, 0.717) is 12.2 Å². The smallest absolute Gasteiger partial charge is 0.227 e. The summed E-state index contributed by atoms with van der Waals surface area (Å²) in [7, 11) is 0. The number of aliphatic hydroxyl groups excluding tert-OH is 1. The van der Waals surface area contributed by atoms with Crippen molar-refractivity contribution in [2.75, 3.05) is 6.61 Å². The molecular formula is C17H19NO3. The molecule has 0 radical (unpaired) electrons. The predicted octanol–water partition coefficient (Wildman–Crippen LogP) is 0.931. The fraction of sp³-hybridized carbons (Fsp3) is 0.529. The molecule has 4 fully saturated rings. The van der Waals surface area contributed by atoms with Crippen LogP contribution in [0.3, 0.4) is 0 Å². The largest absolute Gasteiger partial charge is 0.394 e. The molecule has 4 saturated carbocycles. The average Bonchev–Trinajstić information content (AvgIpc) is 2.79. The van der Waals surface area contributed by atoms with E-state index in [4.69, 9.17) is 0 Å². The van der Waals surface area contributed by atoms with Crippen molar-refractivity contribution in [1.29, 1.82) is 0 Å². The van der Waals surface area contributed by atoms with Crippen molar-refractivity contribution in [2.24, 2.45) is 23.2 Å². The van der Waals surface area contributed by atoms with Crippen molar-refractivity contribution in [1.82, 2.24) is 5.32 Å². The molecule has 2 N–H and O–H groups in total. The van der Waals surface area contributed by atoms with Crippen LogP contribution in [0.1, 0.15) is 18.4 Å². The minimum Gasteiger partial charge on any atom is -0.394 e. The van der Waals surface area contributed by atoms with E-state index >= 15 is 0 Å².